The largest absolute Gasteiger partial charge is 0.252 e. The molecule has 1 aromatic heterocycles. The van der Waals surface area contributed by atoms with Gasteiger partial charge in [0.05, 0.1) is 16.8 Å². The molecule has 2 aromatic rings. The maximum absolute atomic E-state index is 12.9. The van der Waals surface area contributed by atoms with E-state index in [0.29, 0.717) is 22.2 Å². The minimum absolute atomic E-state index is 0.352. The Morgan fingerprint density at radius 1 is 1.20 bits per heavy atom. The predicted molar refractivity (Wildman–Crippen MR) is 51.1 cm³/mol. The van der Waals surface area contributed by atoms with E-state index in [9.17, 15) is 8.78 Å². The quantitative estimate of drug-likeness (QED) is 0.661. The SMILES string of the molecule is Cc1nc2cc(F)c(F)cc2cc1C#N. The topological polar surface area (TPSA) is 36.7 Å². The van der Waals surface area contributed by atoms with E-state index in [4.69, 9.17) is 5.26 Å². The molecule has 0 bridgehead atoms. The van der Waals surface area contributed by atoms with Crippen molar-refractivity contribution in [3.8, 4) is 6.07 Å². The Bertz CT molecular complexity index is 585. The number of hydrogen-bond acceptors (Lipinski definition) is 2. The molecule has 2 rings (SSSR count). The lowest BCUT2D eigenvalue weighted by molar-refractivity contribution is 0.510. The molecule has 0 N–H and O–H groups in total. The highest BCUT2D eigenvalue weighted by molar-refractivity contribution is 5.80. The smallest absolute Gasteiger partial charge is 0.161 e. The van der Waals surface area contributed by atoms with Gasteiger partial charge in [-0.3, -0.25) is 4.98 Å². The molecular weight excluding hydrogens is 198 g/mol. The third kappa shape index (κ3) is 1.52. The lowest BCUT2D eigenvalue weighted by atomic mass is 10.1. The number of fused-ring (bicyclic) bond motifs is 1. The van der Waals surface area contributed by atoms with Gasteiger partial charge in [0, 0.05) is 11.5 Å². The molecule has 0 fully saturated rings. The minimum Gasteiger partial charge on any atom is -0.252 e. The van der Waals surface area contributed by atoms with Crippen LogP contribution in [0.15, 0.2) is 18.2 Å². The van der Waals surface area contributed by atoms with Crippen LogP contribution in [0.25, 0.3) is 10.9 Å². The van der Waals surface area contributed by atoms with E-state index in [0.717, 1.165) is 12.1 Å². The van der Waals surface area contributed by atoms with Crippen molar-refractivity contribution in [2.24, 2.45) is 0 Å². The molecule has 0 amide bonds. The Labute approximate surface area is 84.8 Å². The average molecular weight is 204 g/mol. The molecule has 74 valence electrons. The summed E-state index contributed by atoms with van der Waals surface area (Å²) in [6.07, 6.45) is 0. The van der Waals surface area contributed by atoms with Crippen molar-refractivity contribution in [3.63, 3.8) is 0 Å². The number of nitrogens with zero attached hydrogens (tertiary/aromatic N) is 2. The molecular formula is C11H6F2N2. The molecule has 0 saturated carbocycles. The zero-order valence-corrected chi connectivity index (χ0v) is 7.88. The molecule has 0 aliphatic heterocycles. The van der Waals surface area contributed by atoms with Gasteiger partial charge in [0.25, 0.3) is 0 Å². The number of aromatic nitrogens is 1. The average Bonchev–Trinajstić information content (AvgIpc) is 2.20. The number of benzene rings is 1. The molecule has 0 unspecified atom stereocenters. The summed E-state index contributed by atoms with van der Waals surface area (Å²) < 4.78 is 25.8. The summed E-state index contributed by atoms with van der Waals surface area (Å²) in [7, 11) is 0. The van der Waals surface area contributed by atoms with Gasteiger partial charge in [0.2, 0.25) is 0 Å². The summed E-state index contributed by atoms with van der Waals surface area (Å²) in [6, 6.07) is 5.51. The molecule has 0 atom stereocenters. The van der Waals surface area contributed by atoms with Crippen LogP contribution in [0.5, 0.6) is 0 Å². The van der Waals surface area contributed by atoms with Gasteiger partial charge in [-0.1, -0.05) is 0 Å². The van der Waals surface area contributed by atoms with Crippen molar-refractivity contribution < 1.29 is 8.78 Å². The maximum atomic E-state index is 12.9. The van der Waals surface area contributed by atoms with E-state index < -0.39 is 11.6 Å². The summed E-state index contributed by atoms with van der Waals surface area (Å²) in [4.78, 5) is 4.02. The lowest BCUT2D eigenvalue weighted by Gasteiger charge is -2.02. The van der Waals surface area contributed by atoms with E-state index in [-0.39, 0.29) is 0 Å². The van der Waals surface area contributed by atoms with Crippen molar-refractivity contribution in [1.29, 1.82) is 5.26 Å². The fourth-order valence-corrected chi connectivity index (χ4v) is 1.38. The van der Waals surface area contributed by atoms with Crippen molar-refractivity contribution in [1.82, 2.24) is 4.98 Å². The number of pyridine rings is 1. The molecule has 4 heteroatoms. The summed E-state index contributed by atoms with van der Waals surface area (Å²) >= 11 is 0. The van der Waals surface area contributed by atoms with Gasteiger partial charge >= 0.3 is 0 Å². The highest BCUT2D eigenvalue weighted by atomic mass is 19.2. The third-order valence-electron chi connectivity index (χ3n) is 2.17. The summed E-state index contributed by atoms with van der Waals surface area (Å²) in [5, 5.41) is 9.17. The fraction of sp³-hybridized carbons (Fsp3) is 0.0909. The lowest BCUT2D eigenvalue weighted by Crippen LogP contribution is -1.92. The zero-order valence-electron chi connectivity index (χ0n) is 7.88. The minimum atomic E-state index is -0.933. The first-order valence-electron chi connectivity index (χ1n) is 4.28. The molecule has 1 aromatic carbocycles. The van der Waals surface area contributed by atoms with Crippen LogP contribution < -0.4 is 0 Å². The van der Waals surface area contributed by atoms with Crippen molar-refractivity contribution >= 4 is 10.9 Å². The van der Waals surface area contributed by atoms with Crippen molar-refractivity contribution in [3.05, 3.63) is 41.1 Å². The van der Waals surface area contributed by atoms with Crippen LogP contribution in [0.4, 0.5) is 8.78 Å². The molecule has 0 aliphatic rings. The molecule has 0 saturated heterocycles. The predicted octanol–water partition coefficient (Wildman–Crippen LogP) is 2.69. The number of halogens is 2. The van der Waals surface area contributed by atoms with Gasteiger partial charge < -0.3 is 0 Å². The van der Waals surface area contributed by atoms with E-state index in [2.05, 4.69) is 4.98 Å². The Balaban J connectivity index is 2.84. The third-order valence-corrected chi connectivity index (χ3v) is 2.17. The summed E-state index contributed by atoms with van der Waals surface area (Å²) in [5.74, 6) is -1.86. The molecule has 0 radical (unpaired) electrons. The highest BCUT2D eigenvalue weighted by Gasteiger charge is 2.07. The monoisotopic (exact) mass is 204 g/mol. The first-order chi connectivity index (χ1) is 7.11. The second kappa shape index (κ2) is 3.28. The maximum Gasteiger partial charge on any atom is 0.161 e. The zero-order chi connectivity index (χ0) is 11.0. The molecule has 0 aliphatic carbocycles. The standard InChI is InChI=1S/C11H6F2N2/c1-6-8(5-14)2-7-3-9(12)10(13)4-11(7)15-6/h2-4H,1H3. The van der Waals surface area contributed by atoms with E-state index in [1.807, 2.05) is 6.07 Å². The van der Waals surface area contributed by atoms with Crippen molar-refractivity contribution in [2.45, 2.75) is 6.92 Å². The van der Waals surface area contributed by atoms with Crippen LogP contribution >= 0.6 is 0 Å². The number of hydrogen-bond donors (Lipinski definition) is 0. The number of nitriles is 1. The summed E-state index contributed by atoms with van der Waals surface area (Å²) in [5.41, 5.74) is 1.23. The van der Waals surface area contributed by atoms with Gasteiger partial charge in [-0.05, 0) is 19.1 Å². The van der Waals surface area contributed by atoms with Crippen molar-refractivity contribution in [2.75, 3.05) is 0 Å². The second-order valence-corrected chi connectivity index (χ2v) is 3.19. The first-order valence-corrected chi connectivity index (χ1v) is 4.28. The molecule has 15 heavy (non-hydrogen) atoms. The highest BCUT2D eigenvalue weighted by Crippen LogP contribution is 2.19. The van der Waals surface area contributed by atoms with Crippen LogP contribution in [0.1, 0.15) is 11.3 Å². The number of rotatable bonds is 0. The van der Waals surface area contributed by atoms with Crippen LogP contribution in [0, 0.1) is 29.9 Å². The van der Waals surface area contributed by atoms with Gasteiger partial charge in [-0.25, -0.2) is 8.78 Å². The van der Waals surface area contributed by atoms with Gasteiger partial charge in [0.15, 0.2) is 11.6 Å². The van der Waals surface area contributed by atoms with Gasteiger partial charge in [0.1, 0.15) is 6.07 Å². The number of aryl methyl sites for hydroxylation is 1. The Morgan fingerprint density at radius 2 is 1.87 bits per heavy atom. The molecule has 1 heterocycles. The van der Waals surface area contributed by atoms with Gasteiger partial charge in [-0.15, -0.1) is 0 Å². The first kappa shape index (κ1) is 9.53. The Hall–Kier alpha value is -2.02. The Morgan fingerprint density at radius 3 is 2.53 bits per heavy atom. The Kier molecular flexibility index (Phi) is 2.09. The van der Waals surface area contributed by atoms with Crippen LogP contribution in [0.3, 0.4) is 0 Å². The van der Waals surface area contributed by atoms with Gasteiger partial charge in [-0.2, -0.15) is 5.26 Å². The molecule has 2 nitrogen and oxygen atoms in total. The summed E-state index contributed by atoms with van der Waals surface area (Å²) in [6.45, 7) is 1.65. The normalized spacial score (nSPS) is 10.3. The van der Waals surface area contributed by atoms with E-state index in [1.54, 1.807) is 6.92 Å². The second-order valence-electron chi connectivity index (χ2n) is 3.19. The molecule has 0 spiro atoms. The van der Waals surface area contributed by atoms with Crippen LogP contribution in [-0.4, -0.2) is 4.98 Å². The van der Waals surface area contributed by atoms with Crippen LogP contribution in [-0.2, 0) is 0 Å². The van der Waals surface area contributed by atoms with Crippen LogP contribution in [0.2, 0.25) is 0 Å². The van der Waals surface area contributed by atoms with E-state index in [1.165, 1.54) is 6.07 Å². The fourth-order valence-electron chi connectivity index (χ4n) is 1.38. The van der Waals surface area contributed by atoms with E-state index >= 15 is 0 Å².